The Kier molecular flexibility index (Phi) is 5.87. The van der Waals surface area contributed by atoms with Gasteiger partial charge in [-0.3, -0.25) is 14.5 Å². The number of benzene rings is 1. The third-order valence-electron chi connectivity index (χ3n) is 5.52. The summed E-state index contributed by atoms with van der Waals surface area (Å²) in [5.41, 5.74) is 1.21. The molecule has 10 heteroatoms. The molecule has 2 aliphatic heterocycles. The van der Waals surface area contributed by atoms with Crippen LogP contribution in [-0.2, 0) is 37.3 Å². The molecule has 2 aliphatic rings. The van der Waals surface area contributed by atoms with Crippen LogP contribution in [0.3, 0.4) is 0 Å². The van der Waals surface area contributed by atoms with Crippen LogP contribution < -0.4 is 10.2 Å². The lowest BCUT2D eigenvalue weighted by molar-refractivity contribution is -0.125. The Morgan fingerprint density at radius 1 is 1.16 bits per heavy atom. The average Bonchev–Trinajstić information content (AvgIpc) is 3.35. The number of sulfonamides is 1. The third kappa shape index (κ3) is 4.23. The normalized spacial score (nSPS) is 19.3. The van der Waals surface area contributed by atoms with Gasteiger partial charge in [-0.2, -0.15) is 4.31 Å². The molecule has 0 radical (unpaired) electrons. The molecule has 1 atom stereocenters. The van der Waals surface area contributed by atoms with E-state index in [2.05, 4.69) is 5.32 Å². The highest BCUT2D eigenvalue weighted by atomic mass is 32.2. The fourth-order valence-electron chi connectivity index (χ4n) is 4.00. The van der Waals surface area contributed by atoms with Gasteiger partial charge in [0, 0.05) is 32.1 Å². The van der Waals surface area contributed by atoms with Crippen molar-refractivity contribution in [2.24, 2.45) is 0 Å². The number of amides is 2. The number of nitrogens with one attached hydrogen (secondary N) is 1. The Hall–Kier alpha value is -2.69. The van der Waals surface area contributed by atoms with E-state index in [-0.39, 0.29) is 29.7 Å². The summed E-state index contributed by atoms with van der Waals surface area (Å²) in [7, 11) is -3.67. The van der Waals surface area contributed by atoms with Crippen LogP contribution in [-0.4, -0.2) is 56.9 Å². The number of rotatable bonds is 5. The van der Waals surface area contributed by atoms with Crippen LogP contribution in [0, 0.1) is 6.92 Å². The summed E-state index contributed by atoms with van der Waals surface area (Å²) >= 11 is 0. The summed E-state index contributed by atoms with van der Waals surface area (Å²) in [5, 5.41) is 2.80. The zero-order valence-corrected chi connectivity index (χ0v) is 18.3. The number of anilines is 1. The van der Waals surface area contributed by atoms with Gasteiger partial charge in [0.05, 0.1) is 24.7 Å². The summed E-state index contributed by atoms with van der Waals surface area (Å²) in [5.74, 6) is 0.765. The molecule has 0 spiro atoms. The Bertz CT molecular complexity index is 1100. The predicted octanol–water partition coefficient (Wildman–Crippen LogP) is 1.20. The fourth-order valence-corrected chi connectivity index (χ4v) is 5.45. The third-order valence-corrected chi connectivity index (χ3v) is 7.41. The second-order valence-corrected chi connectivity index (χ2v) is 9.58. The largest absolute Gasteiger partial charge is 0.465 e. The molecule has 4 rings (SSSR count). The SMILES string of the molecule is CC(=O)N1c2ccc(S(=O)(=O)N3CCOCC3)cc2CC1C(=O)NCc1ccc(C)o1. The Labute approximate surface area is 181 Å². The zero-order valence-electron chi connectivity index (χ0n) is 17.5. The minimum Gasteiger partial charge on any atom is -0.465 e. The van der Waals surface area contributed by atoms with Gasteiger partial charge in [-0.1, -0.05) is 0 Å². The van der Waals surface area contributed by atoms with Crippen LogP contribution in [0.2, 0.25) is 0 Å². The Morgan fingerprint density at radius 3 is 2.55 bits per heavy atom. The summed E-state index contributed by atoms with van der Waals surface area (Å²) in [6.07, 6.45) is 0.240. The Morgan fingerprint density at radius 2 is 1.90 bits per heavy atom. The quantitative estimate of drug-likeness (QED) is 0.738. The zero-order chi connectivity index (χ0) is 22.2. The lowest BCUT2D eigenvalue weighted by Crippen LogP contribution is -2.47. The molecule has 1 aromatic carbocycles. The molecule has 166 valence electrons. The highest BCUT2D eigenvalue weighted by Crippen LogP contribution is 2.35. The van der Waals surface area contributed by atoms with Crippen molar-refractivity contribution in [1.82, 2.24) is 9.62 Å². The second-order valence-electron chi connectivity index (χ2n) is 7.65. The minimum absolute atomic E-state index is 0.156. The number of carbonyl (C=O) groups is 2. The monoisotopic (exact) mass is 447 g/mol. The lowest BCUT2D eigenvalue weighted by atomic mass is 10.1. The molecule has 1 aromatic heterocycles. The van der Waals surface area contributed by atoms with Gasteiger partial charge in [-0.15, -0.1) is 0 Å². The molecule has 0 bridgehead atoms. The van der Waals surface area contributed by atoms with Crippen LogP contribution >= 0.6 is 0 Å². The number of morpholine rings is 1. The molecular weight excluding hydrogens is 422 g/mol. The first kappa shape index (κ1) is 21.5. The van der Waals surface area contributed by atoms with Crippen LogP contribution in [0.5, 0.6) is 0 Å². The maximum absolute atomic E-state index is 13.0. The highest BCUT2D eigenvalue weighted by molar-refractivity contribution is 7.89. The maximum atomic E-state index is 13.0. The molecular formula is C21H25N3O6S. The number of carbonyl (C=O) groups excluding carboxylic acids is 2. The summed E-state index contributed by atoms with van der Waals surface area (Å²) in [6.45, 7) is 4.75. The van der Waals surface area contributed by atoms with E-state index in [1.54, 1.807) is 18.2 Å². The fraction of sp³-hybridized carbons (Fsp3) is 0.429. The van der Waals surface area contributed by atoms with Crippen molar-refractivity contribution in [3.63, 3.8) is 0 Å². The lowest BCUT2D eigenvalue weighted by Gasteiger charge is -2.26. The number of hydrogen-bond donors (Lipinski definition) is 1. The standard InChI is InChI=1S/C21H25N3O6S/c1-14-3-4-17(30-14)13-22-21(26)20-12-16-11-18(5-6-19(16)24(20)15(2)25)31(27,28)23-7-9-29-10-8-23/h3-6,11,20H,7-10,12-13H2,1-2H3,(H,22,26). The first-order valence-corrected chi connectivity index (χ1v) is 11.5. The van der Waals surface area contributed by atoms with E-state index in [4.69, 9.17) is 9.15 Å². The molecule has 9 nitrogen and oxygen atoms in total. The van der Waals surface area contributed by atoms with Gasteiger partial charge in [-0.25, -0.2) is 8.42 Å². The molecule has 1 fully saturated rings. The summed E-state index contributed by atoms with van der Waals surface area (Å²) in [6, 6.07) is 7.51. The predicted molar refractivity (Wildman–Crippen MR) is 112 cm³/mol. The van der Waals surface area contributed by atoms with E-state index in [0.717, 1.165) is 5.76 Å². The first-order valence-electron chi connectivity index (χ1n) is 10.1. The van der Waals surface area contributed by atoms with Gasteiger partial charge in [0.2, 0.25) is 21.8 Å². The van der Waals surface area contributed by atoms with Gasteiger partial charge in [0.1, 0.15) is 17.6 Å². The van der Waals surface area contributed by atoms with Crippen molar-refractivity contribution in [2.45, 2.75) is 37.8 Å². The van der Waals surface area contributed by atoms with Crippen molar-refractivity contribution in [3.8, 4) is 0 Å². The van der Waals surface area contributed by atoms with Gasteiger partial charge in [-0.05, 0) is 42.8 Å². The van der Waals surface area contributed by atoms with Crippen molar-refractivity contribution in [1.29, 1.82) is 0 Å². The molecule has 1 unspecified atom stereocenters. The number of aryl methyl sites for hydroxylation is 1. The number of hydrogen-bond acceptors (Lipinski definition) is 6. The summed E-state index contributed by atoms with van der Waals surface area (Å²) in [4.78, 5) is 26.7. The molecule has 2 aromatic rings. The molecule has 1 N–H and O–H groups in total. The minimum atomic E-state index is -3.67. The highest BCUT2D eigenvalue weighted by Gasteiger charge is 2.38. The molecule has 2 amide bonds. The van der Waals surface area contributed by atoms with E-state index in [0.29, 0.717) is 43.3 Å². The van der Waals surface area contributed by atoms with Crippen LogP contribution in [0.4, 0.5) is 5.69 Å². The van der Waals surface area contributed by atoms with E-state index in [9.17, 15) is 18.0 Å². The van der Waals surface area contributed by atoms with Gasteiger partial charge in [0.15, 0.2) is 0 Å². The van der Waals surface area contributed by atoms with E-state index in [1.807, 2.05) is 13.0 Å². The van der Waals surface area contributed by atoms with Crippen molar-refractivity contribution >= 4 is 27.5 Å². The van der Waals surface area contributed by atoms with E-state index in [1.165, 1.54) is 22.2 Å². The maximum Gasteiger partial charge on any atom is 0.243 e. The first-order chi connectivity index (χ1) is 14.8. The molecule has 3 heterocycles. The number of nitrogens with zero attached hydrogens (tertiary/aromatic N) is 2. The smallest absolute Gasteiger partial charge is 0.243 e. The van der Waals surface area contributed by atoms with Gasteiger partial charge in [0.25, 0.3) is 0 Å². The van der Waals surface area contributed by atoms with Crippen molar-refractivity contribution in [3.05, 3.63) is 47.4 Å². The number of fused-ring (bicyclic) bond motifs is 1. The van der Waals surface area contributed by atoms with Crippen LogP contribution in [0.25, 0.3) is 0 Å². The van der Waals surface area contributed by atoms with Gasteiger partial charge >= 0.3 is 0 Å². The molecule has 0 aliphatic carbocycles. The number of furan rings is 1. The van der Waals surface area contributed by atoms with Crippen molar-refractivity contribution in [2.75, 3.05) is 31.2 Å². The molecule has 0 saturated carbocycles. The average molecular weight is 448 g/mol. The Balaban J connectivity index is 1.55. The van der Waals surface area contributed by atoms with E-state index >= 15 is 0 Å². The topological polar surface area (TPSA) is 109 Å². The van der Waals surface area contributed by atoms with Crippen molar-refractivity contribution < 1.29 is 27.2 Å². The number of ether oxygens (including phenoxy) is 1. The van der Waals surface area contributed by atoms with E-state index < -0.39 is 16.1 Å². The molecule has 31 heavy (non-hydrogen) atoms. The second kappa shape index (κ2) is 8.45. The molecule has 1 saturated heterocycles. The van der Waals surface area contributed by atoms with Gasteiger partial charge < -0.3 is 14.5 Å². The van der Waals surface area contributed by atoms with Crippen LogP contribution in [0.15, 0.2) is 39.6 Å². The summed E-state index contributed by atoms with van der Waals surface area (Å²) < 4.78 is 38.1. The van der Waals surface area contributed by atoms with Crippen LogP contribution in [0.1, 0.15) is 24.0 Å².